The molecule has 2 aliphatic rings. The van der Waals surface area contributed by atoms with Crippen LogP contribution in [0.25, 0.3) is 0 Å². The van der Waals surface area contributed by atoms with Crippen LogP contribution in [-0.2, 0) is 11.2 Å². The van der Waals surface area contributed by atoms with Gasteiger partial charge in [-0.3, -0.25) is 14.6 Å². The maximum Gasteiger partial charge on any atom is 0.274 e. The molecule has 0 bridgehead atoms. The van der Waals surface area contributed by atoms with Crippen LogP contribution in [0.15, 0.2) is 42.9 Å². The molecule has 4 rings (SSSR count). The molecule has 0 unspecified atom stereocenters. The molecule has 2 amide bonds. The lowest BCUT2D eigenvalue weighted by atomic mass is 9.73. The average Bonchev–Trinajstić information content (AvgIpc) is 2.81. The van der Waals surface area contributed by atoms with Gasteiger partial charge < -0.3 is 14.5 Å². The minimum atomic E-state index is -0.0643. The van der Waals surface area contributed by atoms with Gasteiger partial charge in [-0.25, -0.2) is 4.98 Å². The third-order valence-corrected chi connectivity index (χ3v) is 6.62. The number of carbonyl (C=O) groups excluding carboxylic acids is 2. The number of aromatic nitrogens is 2. The highest BCUT2D eigenvalue weighted by Crippen LogP contribution is 2.38. The molecule has 164 valence electrons. The molecule has 1 saturated heterocycles. The fourth-order valence-corrected chi connectivity index (χ4v) is 4.75. The predicted molar refractivity (Wildman–Crippen MR) is 117 cm³/mol. The summed E-state index contributed by atoms with van der Waals surface area (Å²) in [5, 5.41) is 0. The van der Waals surface area contributed by atoms with Gasteiger partial charge in [-0.05, 0) is 49.1 Å². The molecular weight excluding hydrogens is 392 g/mol. The van der Waals surface area contributed by atoms with Gasteiger partial charge in [0.25, 0.3) is 11.8 Å². The van der Waals surface area contributed by atoms with Crippen LogP contribution in [0.3, 0.4) is 0 Å². The summed E-state index contributed by atoms with van der Waals surface area (Å²) in [6.45, 7) is 2.11. The van der Waals surface area contributed by atoms with Crippen LogP contribution >= 0.6 is 0 Å². The molecule has 0 saturated carbocycles. The summed E-state index contributed by atoms with van der Waals surface area (Å²) in [5.41, 5.74) is 1.58. The predicted octanol–water partition coefficient (Wildman–Crippen LogP) is 2.96. The molecule has 7 heteroatoms. The van der Waals surface area contributed by atoms with E-state index in [2.05, 4.69) is 16.0 Å². The first kappa shape index (κ1) is 21.3. The Kier molecular flexibility index (Phi) is 6.49. The number of para-hydroxylation sites is 1. The topological polar surface area (TPSA) is 75.6 Å². The number of ether oxygens (including phenoxy) is 1. The van der Waals surface area contributed by atoms with E-state index in [1.807, 2.05) is 35.0 Å². The van der Waals surface area contributed by atoms with Crippen LogP contribution in [0.5, 0.6) is 5.75 Å². The molecule has 7 nitrogen and oxygen atoms in total. The standard InChI is InChI=1S/C24H30N4O3/c1-27-18-24(10-14-28(15-11-24)23(30)20-16-25-12-13-26-20)9-5-4-7-19-6-2-3-8-21(19)31-17-22(27)29/h2-3,6,8,12-13,16H,4-5,7,9-11,14-15,17-18H2,1H3. The molecule has 0 atom stereocenters. The van der Waals surface area contributed by atoms with Crippen molar-refractivity contribution < 1.29 is 14.3 Å². The molecule has 0 N–H and O–H groups in total. The van der Waals surface area contributed by atoms with E-state index < -0.39 is 0 Å². The van der Waals surface area contributed by atoms with E-state index in [1.54, 1.807) is 12.4 Å². The van der Waals surface area contributed by atoms with Crippen LogP contribution in [0.4, 0.5) is 0 Å². The molecule has 1 aromatic carbocycles. The van der Waals surface area contributed by atoms with Crippen molar-refractivity contribution in [1.29, 1.82) is 0 Å². The second-order valence-electron chi connectivity index (χ2n) is 8.74. The van der Waals surface area contributed by atoms with Crippen molar-refractivity contribution in [3.63, 3.8) is 0 Å². The number of hydrogen-bond donors (Lipinski definition) is 0. The normalized spacial score (nSPS) is 19.7. The highest BCUT2D eigenvalue weighted by Gasteiger charge is 2.38. The Morgan fingerprint density at radius 3 is 2.68 bits per heavy atom. The molecular formula is C24H30N4O3. The third kappa shape index (κ3) is 5.03. The van der Waals surface area contributed by atoms with Crippen molar-refractivity contribution >= 4 is 11.8 Å². The summed E-state index contributed by atoms with van der Waals surface area (Å²) >= 11 is 0. The Morgan fingerprint density at radius 1 is 1.10 bits per heavy atom. The Morgan fingerprint density at radius 2 is 1.90 bits per heavy atom. The number of likely N-dealkylation sites (N-methyl/N-ethyl adjacent to an activating group) is 1. The Labute approximate surface area is 183 Å². The molecule has 0 radical (unpaired) electrons. The summed E-state index contributed by atoms with van der Waals surface area (Å²) < 4.78 is 5.86. The highest BCUT2D eigenvalue weighted by atomic mass is 16.5. The smallest absolute Gasteiger partial charge is 0.274 e. The van der Waals surface area contributed by atoms with Crippen molar-refractivity contribution in [3.8, 4) is 5.75 Å². The minimum absolute atomic E-state index is 0.00665. The van der Waals surface area contributed by atoms with Crippen molar-refractivity contribution in [2.24, 2.45) is 5.41 Å². The molecule has 2 aromatic rings. The lowest BCUT2D eigenvalue weighted by molar-refractivity contribution is -0.134. The van der Waals surface area contributed by atoms with Gasteiger partial charge in [0.15, 0.2) is 6.61 Å². The summed E-state index contributed by atoms with van der Waals surface area (Å²) in [7, 11) is 1.86. The maximum atomic E-state index is 12.8. The SMILES string of the molecule is CN1CC2(CCCCc3ccccc3OCC1=O)CCN(C(=O)c1cnccn1)CC2. The first-order valence-corrected chi connectivity index (χ1v) is 11.1. The number of amides is 2. The Hall–Kier alpha value is -2.96. The van der Waals surface area contributed by atoms with Gasteiger partial charge in [0, 0.05) is 39.1 Å². The van der Waals surface area contributed by atoms with Crippen LogP contribution in [0, 0.1) is 5.41 Å². The third-order valence-electron chi connectivity index (χ3n) is 6.62. The summed E-state index contributed by atoms with van der Waals surface area (Å²) in [6, 6.07) is 8.00. The zero-order valence-electron chi connectivity index (χ0n) is 18.1. The van der Waals surface area contributed by atoms with Gasteiger partial charge in [-0.1, -0.05) is 24.6 Å². The quantitative estimate of drug-likeness (QED) is 0.706. The summed E-state index contributed by atoms with van der Waals surface area (Å²) in [4.78, 5) is 37.3. The fourth-order valence-electron chi connectivity index (χ4n) is 4.75. The molecule has 31 heavy (non-hydrogen) atoms. The maximum absolute atomic E-state index is 12.8. The molecule has 0 aliphatic carbocycles. The number of carbonyl (C=O) groups is 2. The van der Waals surface area contributed by atoms with Crippen LogP contribution < -0.4 is 4.74 Å². The number of hydrogen-bond acceptors (Lipinski definition) is 5. The van der Waals surface area contributed by atoms with Crippen molar-refractivity contribution in [2.45, 2.75) is 38.5 Å². The Balaban J connectivity index is 1.44. The zero-order chi connectivity index (χ0) is 21.7. The van der Waals surface area contributed by atoms with Crippen LogP contribution in [0.1, 0.15) is 48.2 Å². The van der Waals surface area contributed by atoms with Crippen molar-refractivity contribution in [2.75, 3.05) is 33.3 Å². The second kappa shape index (κ2) is 9.45. The van der Waals surface area contributed by atoms with Gasteiger partial charge in [0.2, 0.25) is 0 Å². The molecule has 3 heterocycles. The second-order valence-corrected chi connectivity index (χ2v) is 8.74. The fraction of sp³-hybridized carbons (Fsp3) is 0.500. The van der Waals surface area contributed by atoms with E-state index in [9.17, 15) is 9.59 Å². The van der Waals surface area contributed by atoms with Crippen molar-refractivity contribution in [1.82, 2.24) is 19.8 Å². The number of fused-ring (bicyclic) bond motifs is 1. The van der Waals surface area contributed by atoms with Crippen LogP contribution in [0.2, 0.25) is 0 Å². The molecule has 2 aliphatic heterocycles. The van der Waals surface area contributed by atoms with E-state index in [0.717, 1.165) is 49.8 Å². The van der Waals surface area contributed by atoms with Gasteiger partial charge in [0.1, 0.15) is 11.4 Å². The number of aryl methyl sites for hydroxylation is 1. The Bertz CT molecular complexity index is 910. The first-order valence-electron chi connectivity index (χ1n) is 11.1. The largest absolute Gasteiger partial charge is 0.483 e. The van der Waals surface area contributed by atoms with Gasteiger partial charge in [0.05, 0.1) is 6.20 Å². The average molecular weight is 423 g/mol. The highest BCUT2D eigenvalue weighted by molar-refractivity contribution is 5.92. The monoisotopic (exact) mass is 422 g/mol. The number of likely N-dealkylation sites (tertiary alicyclic amines) is 1. The summed E-state index contributed by atoms with van der Waals surface area (Å²) in [6.07, 6.45) is 10.6. The van der Waals surface area contributed by atoms with E-state index in [0.29, 0.717) is 25.3 Å². The minimum Gasteiger partial charge on any atom is -0.483 e. The van der Waals surface area contributed by atoms with E-state index in [1.165, 1.54) is 6.20 Å². The van der Waals surface area contributed by atoms with E-state index in [-0.39, 0.29) is 23.8 Å². The first-order chi connectivity index (χ1) is 15.1. The lowest BCUT2D eigenvalue weighted by Crippen LogP contribution is -2.49. The van der Waals surface area contributed by atoms with Crippen LogP contribution in [-0.4, -0.2) is 64.9 Å². The zero-order valence-corrected chi connectivity index (χ0v) is 18.1. The number of piperidine rings is 1. The van der Waals surface area contributed by atoms with Gasteiger partial charge >= 0.3 is 0 Å². The number of nitrogens with zero attached hydrogens (tertiary/aromatic N) is 4. The van der Waals surface area contributed by atoms with Gasteiger partial charge in [-0.2, -0.15) is 0 Å². The number of rotatable bonds is 1. The molecule has 1 aromatic heterocycles. The molecule has 1 spiro atoms. The van der Waals surface area contributed by atoms with Gasteiger partial charge in [-0.15, -0.1) is 0 Å². The van der Waals surface area contributed by atoms with Crippen molar-refractivity contribution in [3.05, 3.63) is 54.1 Å². The lowest BCUT2D eigenvalue weighted by Gasteiger charge is -2.44. The summed E-state index contributed by atoms with van der Waals surface area (Å²) in [5.74, 6) is 0.744. The number of benzene rings is 1. The molecule has 1 fully saturated rings. The van der Waals surface area contributed by atoms with E-state index in [4.69, 9.17) is 4.74 Å². The van der Waals surface area contributed by atoms with E-state index >= 15 is 0 Å².